The van der Waals surface area contributed by atoms with Gasteiger partial charge >= 0.3 is 0 Å². The van der Waals surface area contributed by atoms with Crippen molar-refractivity contribution in [1.82, 2.24) is 0 Å². The molecule has 1 unspecified atom stereocenters. The zero-order valence-corrected chi connectivity index (χ0v) is 9.37. The molecule has 3 nitrogen and oxygen atoms in total. The van der Waals surface area contributed by atoms with Crippen LogP contribution in [-0.2, 0) is 15.1 Å². The number of ether oxygens (including phenoxy) is 2. The van der Waals surface area contributed by atoms with Crippen molar-refractivity contribution in [2.24, 2.45) is 0 Å². The summed E-state index contributed by atoms with van der Waals surface area (Å²) >= 11 is 0. The highest BCUT2D eigenvalue weighted by Gasteiger charge is 2.33. The van der Waals surface area contributed by atoms with Crippen LogP contribution in [0.5, 0.6) is 0 Å². The maximum atomic E-state index is 10.6. The Balaban J connectivity index is 2.01. The predicted molar refractivity (Wildman–Crippen MR) is 62.8 cm³/mol. The second kappa shape index (κ2) is 3.93. The zero-order valence-electron chi connectivity index (χ0n) is 9.37. The minimum absolute atomic E-state index is 0.441. The van der Waals surface area contributed by atoms with Gasteiger partial charge in [0, 0.05) is 5.56 Å². The van der Waals surface area contributed by atoms with Crippen LogP contribution >= 0.6 is 0 Å². The first-order valence-electron chi connectivity index (χ1n) is 5.75. The Morgan fingerprint density at radius 1 is 1.18 bits per heavy atom. The normalized spacial score (nSPS) is 27.1. The molecule has 1 aliphatic heterocycles. The second-order valence-corrected chi connectivity index (χ2v) is 4.33. The number of rotatable bonds is 2. The molecule has 0 radical (unpaired) electrons. The number of allylic oxidation sites excluding steroid dienone is 1. The lowest BCUT2D eigenvalue weighted by molar-refractivity contribution is -0.0288. The van der Waals surface area contributed by atoms with E-state index >= 15 is 0 Å². The van der Waals surface area contributed by atoms with E-state index in [0.717, 1.165) is 17.5 Å². The fraction of sp³-hybridized carbons (Fsp3) is 0.286. The van der Waals surface area contributed by atoms with E-state index in [9.17, 15) is 5.11 Å². The fourth-order valence-corrected chi connectivity index (χ4v) is 2.37. The molecule has 1 atom stereocenters. The van der Waals surface area contributed by atoms with Crippen LogP contribution in [0.2, 0.25) is 0 Å². The highest BCUT2D eigenvalue weighted by molar-refractivity contribution is 5.38. The van der Waals surface area contributed by atoms with Crippen LogP contribution in [0.15, 0.2) is 48.9 Å². The van der Waals surface area contributed by atoms with Crippen molar-refractivity contribution in [3.8, 4) is 0 Å². The molecular formula is C14H14O3. The van der Waals surface area contributed by atoms with Gasteiger partial charge in [0.05, 0.1) is 0 Å². The molecule has 0 aromatic heterocycles. The van der Waals surface area contributed by atoms with E-state index in [2.05, 4.69) is 0 Å². The smallest absolute Gasteiger partial charge is 0.266 e. The topological polar surface area (TPSA) is 38.7 Å². The van der Waals surface area contributed by atoms with Gasteiger partial charge in [0.25, 0.3) is 6.29 Å². The summed E-state index contributed by atoms with van der Waals surface area (Å²) < 4.78 is 10.7. The number of hydrogen-bond donors (Lipinski definition) is 1. The van der Waals surface area contributed by atoms with Crippen LogP contribution in [0.4, 0.5) is 0 Å². The number of hydrogen-bond acceptors (Lipinski definition) is 3. The Kier molecular flexibility index (Phi) is 2.41. The highest BCUT2D eigenvalue weighted by Crippen LogP contribution is 2.38. The molecule has 0 amide bonds. The monoisotopic (exact) mass is 230 g/mol. The quantitative estimate of drug-likeness (QED) is 0.794. The average Bonchev–Trinajstić information content (AvgIpc) is 3.00. The fourth-order valence-electron chi connectivity index (χ4n) is 2.37. The van der Waals surface area contributed by atoms with Crippen molar-refractivity contribution < 1.29 is 14.6 Å². The predicted octanol–water partition coefficient (Wildman–Crippen LogP) is 2.74. The van der Waals surface area contributed by atoms with Gasteiger partial charge in [0.1, 0.15) is 18.1 Å². The Bertz CT molecular complexity index is 470. The van der Waals surface area contributed by atoms with Crippen molar-refractivity contribution in [2.45, 2.75) is 24.7 Å². The average molecular weight is 230 g/mol. The molecule has 0 saturated carbocycles. The van der Waals surface area contributed by atoms with E-state index in [0.29, 0.717) is 6.42 Å². The van der Waals surface area contributed by atoms with Crippen LogP contribution in [0.1, 0.15) is 30.3 Å². The Hall–Kier alpha value is -1.74. The first kappa shape index (κ1) is 10.4. The van der Waals surface area contributed by atoms with Gasteiger partial charge < -0.3 is 14.6 Å². The molecule has 1 aromatic carbocycles. The summed E-state index contributed by atoms with van der Waals surface area (Å²) in [4.78, 5) is 0. The van der Waals surface area contributed by atoms with Crippen molar-refractivity contribution in [3.63, 3.8) is 0 Å². The van der Waals surface area contributed by atoms with Crippen molar-refractivity contribution in [1.29, 1.82) is 0 Å². The molecule has 0 bridgehead atoms. The third-order valence-electron chi connectivity index (χ3n) is 3.23. The van der Waals surface area contributed by atoms with Gasteiger partial charge in [-0.2, -0.15) is 0 Å². The maximum Gasteiger partial charge on any atom is 0.266 e. The highest BCUT2D eigenvalue weighted by atomic mass is 16.7. The van der Waals surface area contributed by atoms with E-state index < -0.39 is 11.9 Å². The van der Waals surface area contributed by atoms with E-state index in [-0.39, 0.29) is 0 Å². The van der Waals surface area contributed by atoms with Gasteiger partial charge in [-0.15, -0.1) is 0 Å². The van der Waals surface area contributed by atoms with Gasteiger partial charge in [-0.05, 0) is 18.4 Å². The lowest BCUT2D eigenvalue weighted by atomic mass is 9.89. The van der Waals surface area contributed by atoms with Crippen LogP contribution in [0.25, 0.3) is 0 Å². The molecule has 88 valence electrons. The van der Waals surface area contributed by atoms with Crippen LogP contribution in [0.3, 0.4) is 0 Å². The molecule has 1 heterocycles. The molecule has 17 heavy (non-hydrogen) atoms. The van der Waals surface area contributed by atoms with Crippen molar-refractivity contribution in [3.05, 3.63) is 60.1 Å². The third kappa shape index (κ3) is 1.72. The molecule has 0 spiro atoms. The minimum atomic E-state index is -0.883. The first-order valence-corrected chi connectivity index (χ1v) is 5.75. The van der Waals surface area contributed by atoms with Gasteiger partial charge in [0.15, 0.2) is 0 Å². The minimum Gasteiger partial charge on any atom is -0.455 e. The zero-order chi connectivity index (χ0) is 11.7. The van der Waals surface area contributed by atoms with Gasteiger partial charge in [0.2, 0.25) is 0 Å². The largest absolute Gasteiger partial charge is 0.455 e. The summed E-state index contributed by atoms with van der Waals surface area (Å²) in [5.41, 5.74) is 0.861. The van der Waals surface area contributed by atoms with Crippen molar-refractivity contribution in [2.75, 3.05) is 0 Å². The Labute approximate surface area is 100.0 Å². The lowest BCUT2D eigenvalue weighted by Crippen LogP contribution is -2.22. The molecule has 1 aliphatic carbocycles. The standard InChI is InChI=1S/C14H14O3/c15-14(7-3-4-8-14)12-6-2-1-5-11(12)13-16-9-10-17-13/h1-3,5-7,9-10,13,15H,4,8H2. The summed E-state index contributed by atoms with van der Waals surface area (Å²) in [5, 5.41) is 10.6. The summed E-state index contributed by atoms with van der Waals surface area (Å²) in [6, 6.07) is 7.70. The van der Waals surface area contributed by atoms with E-state index in [4.69, 9.17) is 9.47 Å². The van der Waals surface area contributed by atoms with Gasteiger partial charge in [-0.1, -0.05) is 36.4 Å². The third-order valence-corrected chi connectivity index (χ3v) is 3.23. The number of aliphatic hydroxyl groups is 1. The molecule has 0 saturated heterocycles. The SMILES string of the molecule is OC1(c2ccccc2C2OC=CO2)C=CCC1. The molecule has 0 fully saturated rings. The maximum absolute atomic E-state index is 10.6. The van der Waals surface area contributed by atoms with Crippen LogP contribution < -0.4 is 0 Å². The van der Waals surface area contributed by atoms with Crippen molar-refractivity contribution >= 4 is 0 Å². The summed E-state index contributed by atoms with van der Waals surface area (Å²) in [6.45, 7) is 0. The molecule has 3 rings (SSSR count). The lowest BCUT2D eigenvalue weighted by Gasteiger charge is -2.25. The second-order valence-electron chi connectivity index (χ2n) is 4.33. The molecule has 1 N–H and O–H groups in total. The summed E-state index contributed by atoms with van der Waals surface area (Å²) in [6.07, 6.45) is 8.08. The molecule has 2 aliphatic rings. The van der Waals surface area contributed by atoms with E-state index in [1.54, 1.807) is 0 Å². The summed E-state index contributed by atoms with van der Waals surface area (Å²) in [5.74, 6) is 0. The molecular weight excluding hydrogens is 216 g/mol. The Morgan fingerprint density at radius 3 is 2.65 bits per heavy atom. The van der Waals surface area contributed by atoms with E-state index in [1.165, 1.54) is 12.5 Å². The molecule has 1 aromatic rings. The van der Waals surface area contributed by atoms with Crippen LogP contribution in [-0.4, -0.2) is 5.11 Å². The summed E-state index contributed by atoms with van der Waals surface area (Å²) in [7, 11) is 0. The van der Waals surface area contributed by atoms with E-state index in [1.807, 2.05) is 36.4 Å². The number of benzene rings is 1. The first-order chi connectivity index (χ1) is 8.30. The van der Waals surface area contributed by atoms with Gasteiger partial charge in [-0.25, -0.2) is 0 Å². The van der Waals surface area contributed by atoms with Gasteiger partial charge in [-0.3, -0.25) is 0 Å². The van der Waals surface area contributed by atoms with Crippen LogP contribution in [0, 0.1) is 0 Å². The Morgan fingerprint density at radius 2 is 1.94 bits per heavy atom. The molecule has 3 heteroatoms.